The number of piperidine rings is 1. The molecule has 0 radical (unpaired) electrons. The molecule has 1 aromatic carbocycles. The molecule has 1 aliphatic heterocycles. The maximum atomic E-state index is 12.9. The Morgan fingerprint density at radius 1 is 1.36 bits per heavy atom. The molecule has 5 nitrogen and oxygen atoms in total. The number of likely N-dealkylation sites (tertiary alicyclic amines) is 1. The molecule has 2 N–H and O–H groups in total. The van der Waals surface area contributed by atoms with Gasteiger partial charge in [-0.1, -0.05) is 0 Å². The second kappa shape index (κ2) is 11.5. The van der Waals surface area contributed by atoms with Crippen molar-refractivity contribution in [1.29, 1.82) is 0 Å². The molecule has 1 saturated heterocycles. The molecule has 2 atom stereocenters. The van der Waals surface area contributed by atoms with Gasteiger partial charge in [-0.3, -0.25) is 4.99 Å². The average Bonchev–Trinajstić information content (AvgIpc) is 2.57. The Bertz CT molecular complexity index is 526. The second-order valence-electron chi connectivity index (χ2n) is 6.49. The summed E-state index contributed by atoms with van der Waals surface area (Å²) in [6.07, 6.45) is 2.48. The smallest absolute Gasteiger partial charge is 0.191 e. The fourth-order valence-corrected chi connectivity index (χ4v) is 2.93. The molecule has 0 aromatic heterocycles. The maximum Gasteiger partial charge on any atom is 0.191 e. The minimum absolute atomic E-state index is 0. The van der Waals surface area contributed by atoms with E-state index in [1.54, 1.807) is 19.2 Å². The third kappa shape index (κ3) is 8.22. The van der Waals surface area contributed by atoms with Gasteiger partial charge in [-0.15, -0.1) is 24.0 Å². The minimum atomic E-state index is -0.258. The van der Waals surface area contributed by atoms with Gasteiger partial charge >= 0.3 is 0 Å². The van der Waals surface area contributed by atoms with Crippen LogP contribution in [0.25, 0.3) is 0 Å². The molecule has 0 aliphatic carbocycles. The number of nitrogens with one attached hydrogen (secondary N) is 2. The highest BCUT2D eigenvalue weighted by Gasteiger charge is 2.17. The molecule has 1 heterocycles. The lowest BCUT2D eigenvalue weighted by molar-refractivity contribution is 0.209. The van der Waals surface area contributed by atoms with Gasteiger partial charge in [0.1, 0.15) is 17.7 Å². The van der Waals surface area contributed by atoms with Crippen molar-refractivity contribution in [3.05, 3.63) is 30.1 Å². The number of hydrogen-bond acceptors (Lipinski definition) is 3. The minimum Gasteiger partial charge on any atom is -0.489 e. The number of aliphatic imine (C=N–C) groups is 1. The molecule has 142 valence electrons. The molecule has 25 heavy (non-hydrogen) atoms. The summed E-state index contributed by atoms with van der Waals surface area (Å²) in [5, 5.41) is 6.67. The first-order valence-electron chi connectivity index (χ1n) is 8.62. The van der Waals surface area contributed by atoms with Gasteiger partial charge in [0.15, 0.2) is 5.96 Å². The summed E-state index contributed by atoms with van der Waals surface area (Å²) >= 11 is 0. The van der Waals surface area contributed by atoms with Crippen molar-refractivity contribution in [2.24, 2.45) is 10.9 Å². The molecular weight excluding hydrogens is 434 g/mol. The summed E-state index contributed by atoms with van der Waals surface area (Å²) < 4.78 is 18.6. The highest BCUT2D eigenvalue weighted by Crippen LogP contribution is 2.14. The van der Waals surface area contributed by atoms with Crippen molar-refractivity contribution in [2.45, 2.75) is 25.9 Å². The highest BCUT2D eigenvalue weighted by molar-refractivity contribution is 14.0. The van der Waals surface area contributed by atoms with Crippen LogP contribution in [0, 0.1) is 11.7 Å². The number of guanidine groups is 1. The van der Waals surface area contributed by atoms with Gasteiger partial charge in [-0.2, -0.15) is 0 Å². The zero-order valence-corrected chi connectivity index (χ0v) is 17.6. The van der Waals surface area contributed by atoms with E-state index in [1.165, 1.54) is 31.5 Å². The van der Waals surface area contributed by atoms with Crippen molar-refractivity contribution in [2.75, 3.05) is 40.3 Å². The highest BCUT2D eigenvalue weighted by atomic mass is 127. The molecule has 1 aromatic rings. The van der Waals surface area contributed by atoms with Crippen LogP contribution in [0.3, 0.4) is 0 Å². The quantitative estimate of drug-likeness (QED) is 0.386. The van der Waals surface area contributed by atoms with Crippen molar-refractivity contribution >= 4 is 29.9 Å². The fraction of sp³-hybridized carbons (Fsp3) is 0.611. The van der Waals surface area contributed by atoms with Crippen LogP contribution in [0.2, 0.25) is 0 Å². The predicted molar refractivity (Wildman–Crippen MR) is 111 cm³/mol. The van der Waals surface area contributed by atoms with E-state index in [0.29, 0.717) is 18.2 Å². The van der Waals surface area contributed by atoms with E-state index in [1.807, 2.05) is 6.92 Å². The van der Waals surface area contributed by atoms with Crippen molar-refractivity contribution in [3.63, 3.8) is 0 Å². The normalized spacial score (nSPS) is 19.7. The largest absolute Gasteiger partial charge is 0.489 e. The van der Waals surface area contributed by atoms with E-state index < -0.39 is 0 Å². The number of hydrogen-bond donors (Lipinski definition) is 2. The van der Waals surface area contributed by atoms with Crippen LogP contribution in [-0.4, -0.2) is 57.2 Å². The van der Waals surface area contributed by atoms with Gasteiger partial charge in [-0.25, -0.2) is 4.39 Å². The first-order chi connectivity index (χ1) is 11.6. The summed E-state index contributed by atoms with van der Waals surface area (Å²) in [6.45, 7) is 5.86. The number of halogens is 2. The Morgan fingerprint density at radius 2 is 2.08 bits per heavy atom. The predicted octanol–water partition coefficient (Wildman–Crippen LogP) is 2.72. The monoisotopic (exact) mass is 464 g/mol. The van der Waals surface area contributed by atoms with Gasteiger partial charge in [0.25, 0.3) is 0 Å². The first-order valence-corrected chi connectivity index (χ1v) is 8.62. The molecule has 0 amide bonds. The van der Waals surface area contributed by atoms with Gasteiger partial charge in [-0.05, 0) is 63.5 Å². The van der Waals surface area contributed by atoms with E-state index in [9.17, 15) is 4.39 Å². The molecule has 1 aliphatic rings. The Balaban J connectivity index is 0.00000312. The van der Waals surface area contributed by atoms with Crippen LogP contribution < -0.4 is 15.4 Å². The standard InChI is InChI=1S/C18H29FN4O.HI/c1-14(24-17-8-6-16(19)7-9-17)11-21-18(20-2)22-12-15-5-4-10-23(3)13-15;/h6-9,14-15H,4-5,10-13H2,1-3H3,(H2,20,21,22);1H. The van der Waals surface area contributed by atoms with Gasteiger partial charge in [0, 0.05) is 20.1 Å². The summed E-state index contributed by atoms with van der Waals surface area (Å²) in [4.78, 5) is 6.64. The lowest BCUT2D eigenvalue weighted by Gasteiger charge is -2.30. The van der Waals surface area contributed by atoms with Crippen LogP contribution in [-0.2, 0) is 0 Å². The van der Waals surface area contributed by atoms with Crippen molar-refractivity contribution in [3.8, 4) is 5.75 Å². The second-order valence-corrected chi connectivity index (χ2v) is 6.49. The van der Waals surface area contributed by atoms with E-state index in [-0.39, 0.29) is 35.9 Å². The number of ether oxygens (including phenoxy) is 1. The van der Waals surface area contributed by atoms with Gasteiger partial charge in [0.05, 0.1) is 6.54 Å². The first kappa shape index (κ1) is 22.0. The van der Waals surface area contributed by atoms with E-state index >= 15 is 0 Å². The molecule has 1 fully saturated rings. The number of nitrogens with zero attached hydrogens (tertiary/aromatic N) is 2. The molecule has 0 spiro atoms. The fourth-order valence-electron chi connectivity index (χ4n) is 2.93. The molecule has 2 rings (SSSR count). The third-order valence-corrected chi connectivity index (χ3v) is 4.21. The van der Waals surface area contributed by atoms with Crippen LogP contribution >= 0.6 is 24.0 Å². The molecule has 0 saturated carbocycles. The summed E-state index contributed by atoms with van der Waals surface area (Å²) in [5.74, 6) is 1.86. The van der Waals surface area contributed by atoms with Crippen LogP contribution in [0.1, 0.15) is 19.8 Å². The Kier molecular flexibility index (Phi) is 10.1. The lowest BCUT2D eigenvalue weighted by atomic mass is 9.99. The average molecular weight is 464 g/mol. The van der Waals surface area contributed by atoms with Crippen LogP contribution in [0.5, 0.6) is 5.75 Å². The number of rotatable bonds is 6. The summed E-state index contributed by atoms with van der Waals surface area (Å²) in [6, 6.07) is 6.07. The third-order valence-electron chi connectivity index (χ3n) is 4.21. The zero-order chi connectivity index (χ0) is 17.4. The molecular formula is C18H30FIN4O. The van der Waals surface area contributed by atoms with Crippen molar-refractivity contribution < 1.29 is 9.13 Å². The van der Waals surface area contributed by atoms with E-state index in [2.05, 4.69) is 27.6 Å². The Labute approximate surface area is 167 Å². The SMILES string of the molecule is CN=C(NCC1CCCN(C)C1)NCC(C)Oc1ccc(F)cc1.I. The van der Waals surface area contributed by atoms with E-state index in [0.717, 1.165) is 19.0 Å². The molecule has 2 unspecified atom stereocenters. The van der Waals surface area contributed by atoms with Crippen LogP contribution in [0.4, 0.5) is 4.39 Å². The van der Waals surface area contributed by atoms with E-state index in [4.69, 9.17) is 4.74 Å². The van der Waals surface area contributed by atoms with Crippen LogP contribution in [0.15, 0.2) is 29.3 Å². The van der Waals surface area contributed by atoms with Crippen molar-refractivity contribution in [1.82, 2.24) is 15.5 Å². The lowest BCUT2D eigenvalue weighted by Crippen LogP contribution is -2.45. The molecule has 0 bridgehead atoms. The van der Waals surface area contributed by atoms with Gasteiger partial charge in [0.2, 0.25) is 0 Å². The zero-order valence-electron chi connectivity index (χ0n) is 15.3. The Morgan fingerprint density at radius 3 is 2.72 bits per heavy atom. The number of benzene rings is 1. The van der Waals surface area contributed by atoms with Gasteiger partial charge < -0.3 is 20.3 Å². The molecule has 7 heteroatoms. The summed E-state index contributed by atoms with van der Waals surface area (Å²) in [7, 11) is 3.95. The maximum absolute atomic E-state index is 12.9. The topological polar surface area (TPSA) is 48.9 Å². The Hall–Kier alpha value is -1.09. The summed E-state index contributed by atoms with van der Waals surface area (Å²) in [5.41, 5.74) is 0.